The van der Waals surface area contributed by atoms with Crippen LogP contribution in [-0.4, -0.2) is 64.5 Å². The van der Waals surface area contributed by atoms with Gasteiger partial charge in [-0.15, -0.1) is 0 Å². The predicted molar refractivity (Wildman–Crippen MR) is 121 cm³/mol. The maximum Gasteiger partial charge on any atom is 0.393 e. The van der Waals surface area contributed by atoms with E-state index in [1.165, 1.54) is 25.7 Å². The van der Waals surface area contributed by atoms with Gasteiger partial charge in [0.05, 0.1) is 31.0 Å². The zero-order valence-electron chi connectivity index (χ0n) is 19.6. The number of halogens is 3. The van der Waals surface area contributed by atoms with Gasteiger partial charge in [0.1, 0.15) is 5.69 Å². The lowest BCUT2D eigenvalue weighted by atomic mass is 9.86. The number of rotatable bonds is 7. The van der Waals surface area contributed by atoms with Gasteiger partial charge in [-0.25, -0.2) is 9.50 Å². The van der Waals surface area contributed by atoms with E-state index >= 15 is 0 Å². The molecule has 0 aromatic carbocycles. The summed E-state index contributed by atoms with van der Waals surface area (Å²) in [5.74, 6) is 0.664. The van der Waals surface area contributed by atoms with Crippen LogP contribution in [0.2, 0.25) is 0 Å². The van der Waals surface area contributed by atoms with E-state index in [0.29, 0.717) is 49.5 Å². The fraction of sp³-hybridized carbons (Fsp3) is 0.750. The number of morpholine rings is 1. The van der Waals surface area contributed by atoms with E-state index in [4.69, 9.17) is 19.8 Å². The standard InChI is InChI=1S/C24H31F3N6O2/c25-24(26,27)17-9-16(22(34)28-12-17)10-20-21(32-5-7-35-8-6-32)30-23-29-18(13-33(23)31-20)11-19(14-1-2-14)15-3-4-15/h13-17,19H,1-12H2,(H,28,34). The van der Waals surface area contributed by atoms with Gasteiger partial charge in [-0.05, 0) is 56.3 Å². The van der Waals surface area contributed by atoms with Gasteiger partial charge in [-0.2, -0.15) is 23.3 Å². The van der Waals surface area contributed by atoms with Crippen molar-refractivity contribution in [3.8, 4) is 0 Å². The summed E-state index contributed by atoms with van der Waals surface area (Å²) in [5, 5.41) is 7.21. The molecule has 2 aliphatic carbocycles. The predicted octanol–water partition coefficient (Wildman–Crippen LogP) is 2.80. The number of hydrogen-bond donors (Lipinski definition) is 1. The number of piperidine rings is 1. The van der Waals surface area contributed by atoms with Crippen molar-refractivity contribution in [1.29, 1.82) is 0 Å². The second-order valence-electron chi connectivity index (χ2n) is 10.6. The summed E-state index contributed by atoms with van der Waals surface area (Å²) in [6, 6.07) is 0. The van der Waals surface area contributed by atoms with Crippen molar-refractivity contribution < 1.29 is 22.7 Å². The molecule has 1 N–H and O–H groups in total. The van der Waals surface area contributed by atoms with E-state index < -0.39 is 18.0 Å². The lowest BCUT2D eigenvalue weighted by molar-refractivity contribution is -0.183. The number of ether oxygens (including phenoxy) is 1. The minimum Gasteiger partial charge on any atom is -0.378 e. The highest BCUT2D eigenvalue weighted by molar-refractivity contribution is 5.80. The Morgan fingerprint density at radius 2 is 1.83 bits per heavy atom. The van der Waals surface area contributed by atoms with Crippen molar-refractivity contribution in [1.82, 2.24) is 24.9 Å². The molecule has 2 aromatic rings. The Labute approximate surface area is 201 Å². The highest BCUT2D eigenvalue weighted by Gasteiger charge is 2.45. The Balaban J connectivity index is 1.30. The van der Waals surface area contributed by atoms with Crippen LogP contribution >= 0.6 is 0 Å². The molecule has 35 heavy (non-hydrogen) atoms. The van der Waals surface area contributed by atoms with Crippen molar-refractivity contribution in [3.05, 3.63) is 17.6 Å². The third kappa shape index (κ3) is 4.96. The number of imidazole rings is 1. The molecule has 6 rings (SSSR count). The Bertz CT molecular complexity index is 1080. The molecule has 4 heterocycles. The minimum atomic E-state index is -4.34. The number of anilines is 1. The number of fused-ring (bicyclic) bond motifs is 1. The van der Waals surface area contributed by atoms with E-state index in [-0.39, 0.29) is 25.3 Å². The largest absolute Gasteiger partial charge is 0.393 e. The first kappa shape index (κ1) is 23.0. The maximum absolute atomic E-state index is 13.4. The number of alkyl halides is 3. The number of carbonyl (C=O) groups is 1. The molecule has 0 spiro atoms. The third-order valence-corrected chi connectivity index (χ3v) is 7.99. The van der Waals surface area contributed by atoms with Crippen LogP contribution in [0.1, 0.15) is 43.5 Å². The average Bonchev–Trinajstić information content (AvgIpc) is 3.76. The van der Waals surface area contributed by atoms with Crippen molar-refractivity contribution in [2.45, 2.75) is 51.1 Å². The molecule has 2 unspecified atom stereocenters. The molecule has 2 saturated heterocycles. The average molecular weight is 493 g/mol. The second kappa shape index (κ2) is 8.90. The van der Waals surface area contributed by atoms with Gasteiger partial charge < -0.3 is 15.0 Å². The lowest BCUT2D eigenvalue weighted by Gasteiger charge is -2.32. The third-order valence-electron chi connectivity index (χ3n) is 7.99. The molecule has 190 valence electrons. The Morgan fingerprint density at radius 1 is 1.11 bits per heavy atom. The van der Waals surface area contributed by atoms with Gasteiger partial charge in [0.25, 0.3) is 5.78 Å². The monoisotopic (exact) mass is 492 g/mol. The molecule has 2 aromatic heterocycles. The number of nitrogens with zero attached hydrogens (tertiary/aromatic N) is 5. The summed E-state index contributed by atoms with van der Waals surface area (Å²) < 4.78 is 47.2. The molecule has 8 nitrogen and oxygen atoms in total. The summed E-state index contributed by atoms with van der Waals surface area (Å²) in [6.45, 7) is 1.93. The summed E-state index contributed by atoms with van der Waals surface area (Å²) in [7, 11) is 0. The van der Waals surface area contributed by atoms with Gasteiger partial charge in [0, 0.05) is 32.0 Å². The van der Waals surface area contributed by atoms with Crippen molar-refractivity contribution in [2.24, 2.45) is 29.6 Å². The summed E-state index contributed by atoms with van der Waals surface area (Å²) in [4.78, 5) is 24.1. The van der Waals surface area contributed by atoms with E-state index in [9.17, 15) is 18.0 Å². The highest BCUT2D eigenvalue weighted by Crippen LogP contribution is 2.50. The first-order valence-electron chi connectivity index (χ1n) is 12.8. The fourth-order valence-electron chi connectivity index (χ4n) is 5.72. The smallest absolute Gasteiger partial charge is 0.378 e. The van der Waals surface area contributed by atoms with Crippen molar-refractivity contribution >= 4 is 17.5 Å². The highest BCUT2D eigenvalue weighted by atomic mass is 19.4. The van der Waals surface area contributed by atoms with Gasteiger partial charge in [0.15, 0.2) is 5.82 Å². The normalized spacial score (nSPS) is 25.9. The molecule has 1 amide bonds. The quantitative estimate of drug-likeness (QED) is 0.640. The fourth-order valence-corrected chi connectivity index (χ4v) is 5.72. The van der Waals surface area contributed by atoms with Gasteiger partial charge in [-0.3, -0.25) is 4.79 Å². The van der Waals surface area contributed by atoms with Crippen LogP contribution in [0.3, 0.4) is 0 Å². The van der Waals surface area contributed by atoms with Crippen LogP contribution in [-0.2, 0) is 22.4 Å². The van der Waals surface area contributed by atoms with E-state index in [2.05, 4.69) is 5.32 Å². The van der Waals surface area contributed by atoms with Crippen molar-refractivity contribution in [3.63, 3.8) is 0 Å². The molecule has 4 aliphatic rings. The SMILES string of the molecule is O=C1NCC(C(F)(F)F)CC1Cc1nn2cc(CC(C3CC3)C3CC3)nc2nc1N1CCOCC1. The summed E-state index contributed by atoms with van der Waals surface area (Å²) >= 11 is 0. The summed E-state index contributed by atoms with van der Waals surface area (Å²) in [6.07, 6.45) is 3.57. The number of aromatic nitrogens is 4. The lowest BCUT2D eigenvalue weighted by Crippen LogP contribution is -2.47. The zero-order valence-corrected chi connectivity index (χ0v) is 19.6. The topological polar surface area (TPSA) is 84.7 Å². The summed E-state index contributed by atoms with van der Waals surface area (Å²) in [5.41, 5.74) is 1.50. The zero-order chi connectivity index (χ0) is 24.2. The molecule has 2 saturated carbocycles. The van der Waals surface area contributed by atoms with Crippen LogP contribution in [0.15, 0.2) is 6.20 Å². The molecular weight excluding hydrogens is 461 g/mol. The molecule has 4 fully saturated rings. The minimum absolute atomic E-state index is 0.105. The molecule has 0 bridgehead atoms. The first-order valence-corrected chi connectivity index (χ1v) is 12.8. The first-order chi connectivity index (χ1) is 16.8. The maximum atomic E-state index is 13.4. The number of nitrogens with one attached hydrogen (secondary N) is 1. The number of carbonyl (C=O) groups excluding carboxylic acids is 1. The van der Waals surface area contributed by atoms with Gasteiger partial charge >= 0.3 is 6.18 Å². The number of hydrogen-bond acceptors (Lipinski definition) is 6. The van der Waals surface area contributed by atoms with E-state index in [0.717, 1.165) is 24.0 Å². The van der Waals surface area contributed by atoms with Crippen LogP contribution < -0.4 is 10.2 Å². The Morgan fingerprint density at radius 3 is 2.49 bits per heavy atom. The molecule has 2 aliphatic heterocycles. The van der Waals surface area contributed by atoms with Crippen LogP contribution in [0.5, 0.6) is 0 Å². The van der Waals surface area contributed by atoms with Crippen LogP contribution in [0.25, 0.3) is 5.78 Å². The van der Waals surface area contributed by atoms with Crippen LogP contribution in [0, 0.1) is 29.6 Å². The van der Waals surface area contributed by atoms with E-state index in [1.54, 1.807) is 4.52 Å². The molecule has 11 heteroatoms. The Hall–Kier alpha value is -2.43. The van der Waals surface area contributed by atoms with Crippen molar-refractivity contribution in [2.75, 3.05) is 37.7 Å². The molecule has 2 atom stereocenters. The van der Waals surface area contributed by atoms with E-state index in [1.807, 2.05) is 11.1 Å². The van der Waals surface area contributed by atoms with Gasteiger partial charge in [-0.1, -0.05) is 0 Å². The Kier molecular flexibility index (Phi) is 5.85. The molecule has 0 radical (unpaired) electrons. The molecular formula is C24H31F3N6O2. The van der Waals surface area contributed by atoms with Gasteiger partial charge in [0.2, 0.25) is 5.91 Å². The number of amides is 1. The van der Waals surface area contributed by atoms with Crippen LogP contribution in [0.4, 0.5) is 19.0 Å². The second-order valence-corrected chi connectivity index (χ2v) is 10.6.